The molecule has 0 saturated heterocycles. The van der Waals surface area contributed by atoms with E-state index in [2.05, 4.69) is 20.9 Å². The minimum atomic E-state index is -4.01. The second-order valence-electron chi connectivity index (χ2n) is 3.92. The van der Waals surface area contributed by atoms with Gasteiger partial charge in [0.05, 0.1) is 10.2 Å². The number of sulfonamides is 1. The molecule has 5 nitrogen and oxygen atoms in total. The van der Waals surface area contributed by atoms with Gasteiger partial charge in [0.25, 0.3) is 10.0 Å². The Kier molecular flexibility index (Phi) is 4.11. The minimum Gasteiger partial charge on any atom is -0.363 e. The number of hydrogen-bond donors (Lipinski definition) is 3. The van der Waals surface area contributed by atoms with Crippen LogP contribution >= 0.6 is 15.9 Å². The van der Waals surface area contributed by atoms with E-state index in [1.165, 1.54) is 12.3 Å². The van der Waals surface area contributed by atoms with Gasteiger partial charge in [-0.15, -0.1) is 0 Å². The van der Waals surface area contributed by atoms with Crippen molar-refractivity contribution in [1.29, 1.82) is 0 Å². The Hall–Kier alpha value is -1.45. The molecule has 20 heavy (non-hydrogen) atoms. The number of nitrogens with one attached hydrogen (secondary N) is 2. The lowest BCUT2D eigenvalue weighted by molar-refractivity contribution is 0.592. The van der Waals surface area contributed by atoms with Gasteiger partial charge >= 0.3 is 0 Å². The van der Waals surface area contributed by atoms with Crippen molar-refractivity contribution >= 4 is 31.6 Å². The minimum absolute atomic E-state index is 0.0926. The van der Waals surface area contributed by atoms with Gasteiger partial charge in [0, 0.05) is 24.5 Å². The highest BCUT2D eigenvalue weighted by Crippen LogP contribution is 2.25. The van der Waals surface area contributed by atoms with E-state index in [-0.39, 0.29) is 15.9 Å². The lowest BCUT2D eigenvalue weighted by Gasteiger charge is -2.08. The van der Waals surface area contributed by atoms with Crippen LogP contribution < -0.4 is 10.5 Å². The lowest BCUT2D eigenvalue weighted by atomic mass is 10.3. The molecule has 0 unspecified atom stereocenters. The van der Waals surface area contributed by atoms with Gasteiger partial charge in [-0.1, -0.05) is 0 Å². The van der Waals surface area contributed by atoms with Crippen LogP contribution in [0.5, 0.6) is 0 Å². The summed E-state index contributed by atoms with van der Waals surface area (Å²) in [6, 6.07) is 2.92. The predicted molar refractivity (Wildman–Crippen MR) is 73.6 cm³/mol. The summed E-state index contributed by atoms with van der Waals surface area (Å²) in [5, 5.41) is 0. The highest BCUT2D eigenvalue weighted by Gasteiger charge is 2.19. The fourth-order valence-corrected chi connectivity index (χ4v) is 2.89. The quantitative estimate of drug-likeness (QED) is 0.726. The molecule has 1 aromatic carbocycles. The summed E-state index contributed by atoms with van der Waals surface area (Å²) in [6.45, 7) is 0.136. The van der Waals surface area contributed by atoms with Crippen molar-refractivity contribution in [2.24, 2.45) is 5.73 Å². The normalized spacial score (nSPS) is 11.6. The van der Waals surface area contributed by atoms with Crippen molar-refractivity contribution in [1.82, 2.24) is 4.98 Å². The summed E-state index contributed by atoms with van der Waals surface area (Å²) in [5.41, 5.74) is 5.39. The molecular formula is C11H10BrF2N3O2S. The predicted octanol–water partition coefficient (Wildman–Crippen LogP) is 2.31. The maximum Gasteiger partial charge on any atom is 0.263 e. The molecule has 1 heterocycles. The molecule has 2 aromatic rings. The number of aromatic amines is 1. The SMILES string of the molecule is NCc1cc(S(=O)(=O)Nc2cc(F)c(Br)cc2F)c[nH]1. The Labute approximate surface area is 122 Å². The fourth-order valence-electron chi connectivity index (χ4n) is 1.50. The molecule has 0 aliphatic rings. The van der Waals surface area contributed by atoms with Gasteiger partial charge in [-0.3, -0.25) is 4.72 Å². The molecule has 108 valence electrons. The number of anilines is 1. The molecule has 0 spiro atoms. The zero-order valence-corrected chi connectivity index (χ0v) is 12.4. The van der Waals surface area contributed by atoms with Gasteiger partial charge in [0.1, 0.15) is 16.5 Å². The third-order valence-corrected chi connectivity index (χ3v) is 4.45. The largest absolute Gasteiger partial charge is 0.363 e. The van der Waals surface area contributed by atoms with E-state index in [9.17, 15) is 17.2 Å². The number of benzene rings is 1. The Bertz CT molecular complexity index is 746. The highest BCUT2D eigenvalue weighted by atomic mass is 79.9. The number of rotatable bonds is 4. The zero-order valence-electron chi connectivity index (χ0n) is 9.95. The fraction of sp³-hybridized carbons (Fsp3) is 0.0909. The lowest BCUT2D eigenvalue weighted by Crippen LogP contribution is -2.13. The third kappa shape index (κ3) is 3.00. The summed E-state index contributed by atoms with van der Waals surface area (Å²) in [7, 11) is -4.01. The molecule has 0 aliphatic carbocycles. The van der Waals surface area contributed by atoms with Crippen LogP contribution in [0.15, 0.2) is 33.8 Å². The second kappa shape index (κ2) is 5.51. The van der Waals surface area contributed by atoms with E-state index >= 15 is 0 Å². The molecule has 0 bridgehead atoms. The van der Waals surface area contributed by atoms with E-state index < -0.39 is 27.3 Å². The molecule has 4 N–H and O–H groups in total. The highest BCUT2D eigenvalue weighted by molar-refractivity contribution is 9.10. The van der Waals surface area contributed by atoms with Crippen molar-refractivity contribution < 1.29 is 17.2 Å². The number of nitrogens with two attached hydrogens (primary N) is 1. The molecule has 1 aromatic heterocycles. The Morgan fingerprint density at radius 1 is 1.25 bits per heavy atom. The van der Waals surface area contributed by atoms with Crippen LogP contribution in [-0.4, -0.2) is 13.4 Å². The van der Waals surface area contributed by atoms with Crippen LogP contribution in [0.25, 0.3) is 0 Å². The standard InChI is InChI=1S/C11H10BrF2N3O2S/c12-8-2-10(14)11(3-9(8)13)17-20(18,19)7-1-6(4-15)16-5-7/h1-3,5,16-17H,4,15H2. The summed E-state index contributed by atoms with van der Waals surface area (Å²) in [5.74, 6) is -1.67. The first-order valence-corrected chi connectivity index (χ1v) is 7.66. The maximum atomic E-state index is 13.6. The van der Waals surface area contributed by atoms with Crippen molar-refractivity contribution in [3.8, 4) is 0 Å². The smallest absolute Gasteiger partial charge is 0.263 e. The van der Waals surface area contributed by atoms with Gasteiger partial charge in [-0.05, 0) is 28.1 Å². The first-order chi connectivity index (χ1) is 9.33. The van der Waals surface area contributed by atoms with E-state index in [1.807, 2.05) is 4.72 Å². The van der Waals surface area contributed by atoms with Crippen molar-refractivity contribution in [2.75, 3.05) is 4.72 Å². The van der Waals surface area contributed by atoms with Crippen molar-refractivity contribution in [2.45, 2.75) is 11.4 Å². The molecule has 0 atom stereocenters. The van der Waals surface area contributed by atoms with Crippen LogP contribution in [0.1, 0.15) is 5.69 Å². The van der Waals surface area contributed by atoms with Crippen LogP contribution in [0.3, 0.4) is 0 Å². The van der Waals surface area contributed by atoms with Gasteiger partial charge in [-0.25, -0.2) is 17.2 Å². The Morgan fingerprint density at radius 3 is 2.55 bits per heavy atom. The molecule has 0 radical (unpaired) electrons. The summed E-state index contributed by atoms with van der Waals surface area (Å²) in [4.78, 5) is 2.55. The van der Waals surface area contributed by atoms with Gasteiger partial charge in [0.2, 0.25) is 0 Å². The Morgan fingerprint density at radius 2 is 1.95 bits per heavy atom. The molecule has 0 saturated carbocycles. The van der Waals surface area contributed by atoms with Gasteiger partial charge in [0.15, 0.2) is 0 Å². The van der Waals surface area contributed by atoms with Crippen molar-refractivity contribution in [3.63, 3.8) is 0 Å². The molecule has 0 fully saturated rings. The third-order valence-electron chi connectivity index (χ3n) is 2.50. The molecule has 2 rings (SSSR count). The number of H-pyrrole nitrogens is 1. The first-order valence-electron chi connectivity index (χ1n) is 5.38. The molecule has 0 amide bonds. The van der Waals surface area contributed by atoms with Crippen molar-refractivity contribution in [3.05, 3.63) is 46.2 Å². The number of aromatic nitrogens is 1. The Balaban J connectivity index is 2.35. The maximum absolute atomic E-state index is 13.6. The van der Waals surface area contributed by atoms with Gasteiger partial charge in [-0.2, -0.15) is 0 Å². The van der Waals surface area contributed by atoms with E-state index in [0.717, 1.165) is 12.1 Å². The van der Waals surface area contributed by atoms with E-state index in [4.69, 9.17) is 5.73 Å². The van der Waals surface area contributed by atoms with E-state index in [0.29, 0.717) is 5.69 Å². The topological polar surface area (TPSA) is 88.0 Å². The monoisotopic (exact) mass is 365 g/mol. The molecule has 9 heteroatoms. The van der Waals surface area contributed by atoms with Gasteiger partial charge < -0.3 is 10.7 Å². The molecule has 0 aliphatic heterocycles. The summed E-state index contributed by atoms with van der Waals surface area (Å²) in [6.07, 6.45) is 1.22. The average molecular weight is 366 g/mol. The number of hydrogen-bond acceptors (Lipinski definition) is 3. The first kappa shape index (κ1) is 14.9. The second-order valence-corrected chi connectivity index (χ2v) is 6.45. The number of halogens is 3. The van der Waals surface area contributed by atoms with Crippen LogP contribution in [-0.2, 0) is 16.6 Å². The summed E-state index contributed by atoms with van der Waals surface area (Å²) >= 11 is 2.81. The van der Waals surface area contributed by atoms with Crippen LogP contribution in [0.2, 0.25) is 0 Å². The van der Waals surface area contributed by atoms with E-state index in [1.54, 1.807) is 0 Å². The van der Waals surface area contributed by atoms with Crippen LogP contribution in [0, 0.1) is 11.6 Å². The average Bonchev–Trinajstić information content (AvgIpc) is 2.85. The zero-order chi connectivity index (χ0) is 14.9. The summed E-state index contributed by atoms with van der Waals surface area (Å²) < 4.78 is 52.8. The molecular weight excluding hydrogens is 356 g/mol. The van der Waals surface area contributed by atoms with Crippen LogP contribution in [0.4, 0.5) is 14.5 Å².